The molecule has 0 aliphatic heterocycles. The molecule has 0 aliphatic carbocycles. The normalized spacial score (nSPS) is 12.3. The Labute approximate surface area is 138 Å². The predicted molar refractivity (Wildman–Crippen MR) is 90.3 cm³/mol. The largest absolute Gasteiger partial charge is 0.496 e. The second-order valence-corrected chi connectivity index (χ2v) is 6.38. The van der Waals surface area contributed by atoms with Crippen LogP contribution in [0.15, 0.2) is 34.8 Å². The third-order valence-corrected chi connectivity index (χ3v) is 4.66. The summed E-state index contributed by atoms with van der Waals surface area (Å²) in [6.07, 6.45) is -0.109. The fraction of sp³-hybridized carbons (Fsp3) is 0.294. The Kier molecular flexibility index (Phi) is 5.31. The lowest BCUT2D eigenvalue weighted by Crippen LogP contribution is -2.08. The molecule has 0 heterocycles. The van der Waals surface area contributed by atoms with Gasteiger partial charge in [-0.15, -0.1) is 0 Å². The van der Waals surface area contributed by atoms with E-state index in [0.717, 1.165) is 32.5 Å². The Balaban J connectivity index is 2.38. The molecule has 2 rings (SSSR count). The van der Waals surface area contributed by atoms with E-state index in [0.29, 0.717) is 11.4 Å². The molecule has 2 nitrogen and oxygen atoms in total. The Morgan fingerprint density at radius 2 is 1.86 bits per heavy atom. The van der Waals surface area contributed by atoms with Gasteiger partial charge in [-0.1, -0.05) is 39.7 Å². The molecule has 0 saturated carbocycles. The van der Waals surface area contributed by atoms with Crippen LogP contribution in [0.25, 0.3) is 0 Å². The third kappa shape index (κ3) is 3.60. The van der Waals surface area contributed by atoms with Crippen molar-refractivity contribution in [3.8, 4) is 5.75 Å². The monoisotopic (exact) mass is 368 g/mol. The summed E-state index contributed by atoms with van der Waals surface area (Å²) in [5.41, 5.74) is 3.87. The van der Waals surface area contributed by atoms with Crippen LogP contribution in [0, 0.1) is 13.8 Å². The first-order chi connectivity index (χ1) is 9.93. The molecule has 1 atom stereocenters. The zero-order valence-electron chi connectivity index (χ0n) is 12.3. The van der Waals surface area contributed by atoms with E-state index in [1.54, 1.807) is 7.11 Å². The third-order valence-electron chi connectivity index (χ3n) is 3.59. The summed E-state index contributed by atoms with van der Waals surface area (Å²) in [6.45, 7) is 3.95. The summed E-state index contributed by atoms with van der Waals surface area (Å²) in [5, 5.41) is 11.3. The van der Waals surface area contributed by atoms with Gasteiger partial charge in [0.25, 0.3) is 0 Å². The molecule has 0 saturated heterocycles. The lowest BCUT2D eigenvalue weighted by atomic mass is 9.95. The van der Waals surface area contributed by atoms with E-state index in [1.165, 1.54) is 0 Å². The van der Waals surface area contributed by atoms with Crippen LogP contribution in [0.5, 0.6) is 5.75 Å². The minimum Gasteiger partial charge on any atom is -0.496 e. The summed E-state index contributed by atoms with van der Waals surface area (Å²) in [4.78, 5) is 0. The number of halogens is 2. The van der Waals surface area contributed by atoms with Gasteiger partial charge in [0.1, 0.15) is 5.75 Å². The Morgan fingerprint density at radius 1 is 1.24 bits per heavy atom. The van der Waals surface area contributed by atoms with Crippen LogP contribution in [0.4, 0.5) is 0 Å². The van der Waals surface area contributed by atoms with Crippen molar-refractivity contribution in [2.45, 2.75) is 26.4 Å². The molecular formula is C17H18BrClO2. The number of hydrogen-bond donors (Lipinski definition) is 1. The Hall–Kier alpha value is -1.03. The Bertz CT molecular complexity index is 638. The number of benzene rings is 2. The van der Waals surface area contributed by atoms with Crippen LogP contribution in [0.3, 0.4) is 0 Å². The number of aliphatic hydroxyl groups excluding tert-OH is 1. The minimum absolute atomic E-state index is 0.518. The van der Waals surface area contributed by atoms with Gasteiger partial charge >= 0.3 is 0 Å². The molecule has 2 aromatic carbocycles. The van der Waals surface area contributed by atoms with Crippen LogP contribution in [-0.4, -0.2) is 12.2 Å². The lowest BCUT2D eigenvalue weighted by Gasteiger charge is -2.20. The molecule has 0 amide bonds. The molecule has 2 aromatic rings. The summed E-state index contributed by atoms with van der Waals surface area (Å²) < 4.78 is 6.47. The van der Waals surface area contributed by atoms with E-state index in [2.05, 4.69) is 15.9 Å². The molecule has 0 fully saturated rings. The van der Waals surface area contributed by atoms with Crippen molar-refractivity contribution in [3.63, 3.8) is 0 Å². The number of aryl methyl sites for hydroxylation is 1. The van der Waals surface area contributed by atoms with Crippen LogP contribution in [-0.2, 0) is 6.42 Å². The van der Waals surface area contributed by atoms with Crippen molar-refractivity contribution < 1.29 is 9.84 Å². The van der Waals surface area contributed by atoms with Gasteiger partial charge in [-0.3, -0.25) is 0 Å². The molecule has 21 heavy (non-hydrogen) atoms. The number of methoxy groups -OCH3 is 1. The van der Waals surface area contributed by atoms with Crippen LogP contribution in [0.2, 0.25) is 5.02 Å². The highest BCUT2D eigenvalue weighted by Gasteiger charge is 2.20. The predicted octanol–water partition coefficient (Wildman–Crippen LogP) is 5.00. The van der Waals surface area contributed by atoms with Gasteiger partial charge < -0.3 is 9.84 Å². The number of rotatable bonds is 4. The first kappa shape index (κ1) is 16.3. The van der Waals surface area contributed by atoms with Gasteiger partial charge in [-0.2, -0.15) is 0 Å². The number of aliphatic hydroxyl groups is 1. The molecule has 0 bridgehead atoms. The second kappa shape index (κ2) is 6.82. The van der Waals surface area contributed by atoms with Crippen LogP contribution >= 0.6 is 27.5 Å². The molecule has 4 heteroatoms. The van der Waals surface area contributed by atoms with Crippen LogP contribution in [0.1, 0.15) is 28.4 Å². The van der Waals surface area contributed by atoms with Crippen molar-refractivity contribution in [2.75, 3.05) is 7.11 Å². The maximum Gasteiger partial charge on any atom is 0.127 e. The highest BCUT2D eigenvalue weighted by atomic mass is 79.9. The number of ether oxygens (including phenoxy) is 1. The van der Waals surface area contributed by atoms with E-state index in [1.807, 2.05) is 44.2 Å². The first-order valence-electron chi connectivity index (χ1n) is 6.70. The summed E-state index contributed by atoms with van der Waals surface area (Å²) in [6, 6.07) is 9.53. The van der Waals surface area contributed by atoms with Crippen molar-refractivity contribution in [2.24, 2.45) is 0 Å². The van der Waals surface area contributed by atoms with E-state index in [4.69, 9.17) is 16.3 Å². The molecule has 0 radical (unpaired) electrons. The molecule has 1 unspecified atom stereocenters. The summed E-state index contributed by atoms with van der Waals surface area (Å²) in [5.74, 6) is 0.747. The first-order valence-corrected chi connectivity index (χ1v) is 7.87. The highest BCUT2D eigenvalue weighted by molar-refractivity contribution is 9.10. The summed E-state index contributed by atoms with van der Waals surface area (Å²) >= 11 is 9.43. The molecule has 1 N–H and O–H groups in total. The van der Waals surface area contributed by atoms with Crippen molar-refractivity contribution >= 4 is 27.5 Å². The molecule has 0 aromatic heterocycles. The summed E-state index contributed by atoms with van der Waals surface area (Å²) in [7, 11) is 1.63. The standard InChI is InChI=1S/C17H18BrClO2/c1-10-8-14(18)11(2)16(17(10)21-3)15(20)9-12-4-6-13(19)7-5-12/h4-8,15,20H,9H2,1-3H3. The van der Waals surface area contributed by atoms with Gasteiger partial charge in [0.15, 0.2) is 0 Å². The quantitative estimate of drug-likeness (QED) is 0.821. The van der Waals surface area contributed by atoms with Crippen LogP contribution < -0.4 is 4.74 Å². The van der Waals surface area contributed by atoms with E-state index in [-0.39, 0.29) is 0 Å². The van der Waals surface area contributed by atoms with Crippen molar-refractivity contribution in [1.29, 1.82) is 0 Å². The molecular weight excluding hydrogens is 352 g/mol. The van der Waals surface area contributed by atoms with Crippen molar-refractivity contribution in [3.05, 3.63) is 62.1 Å². The van der Waals surface area contributed by atoms with E-state index >= 15 is 0 Å². The minimum atomic E-state index is -0.627. The fourth-order valence-electron chi connectivity index (χ4n) is 2.49. The smallest absolute Gasteiger partial charge is 0.127 e. The molecule has 0 spiro atoms. The van der Waals surface area contributed by atoms with Gasteiger partial charge in [0, 0.05) is 21.5 Å². The highest BCUT2D eigenvalue weighted by Crippen LogP contribution is 2.37. The Morgan fingerprint density at radius 3 is 2.43 bits per heavy atom. The fourth-order valence-corrected chi connectivity index (χ4v) is 3.18. The zero-order valence-corrected chi connectivity index (χ0v) is 14.6. The van der Waals surface area contributed by atoms with Gasteiger partial charge in [-0.05, 0) is 48.7 Å². The maximum absolute atomic E-state index is 10.7. The average molecular weight is 370 g/mol. The molecule has 0 aliphatic rings. The van der Waals surface area contributed by atoms with Crippen molar-refractivity contribution in [1.82, 2.24) is 0 Å². The van der Waals surface area contributed by atoms with Gasteiger partial charge in [0.05, 0.1) is 13.2 Å². The van der Waals surface area contributed by atoms with Gasteiger partial charge in [-0.25, -0.2) is 0 Å². The second-order valence-electron chi connectivity index (χ2n) is 5.09. The topological polar surface area (TPSA) is 29.5 Å². The lowest BCUT2D eigenvalue weighted by molar-refractivity contribution is 0.173. The van der Waals surface area contributed by atoms with E-state index < -0.39 is 6.10 Å². The maximum atomic E-state index is 10.7. The molecule has 112 valence electrons. The SMILES string of the molecule is COc1c(C)cc(Br)c(C)c1C(O)Cc1ccc(Cl)cc1. The van der Waals surface area contributed by atoms with Gasteiger partial charge in [0.2, 0.25) is 0 Å². The zero-order chi connectivity index (χ0) is 15.6. The average Bonchev–Trinajstić information content (AvgIpc) is 2.44. The van der Waals surface area contributed by atoms with E-state index in [9.17, 15) is 5.11 Å². The number of hydrogen-bond acceptors (Lipinski definition) is 2.